The number of anilines is 1. The fourth-order valence-corrected chi connectivity index (χ4v) is 4.90. The SMILES string of the molecule is CCN(c1cc2oc(C)cc2c(C(=O)NCc2c(OC)cc(C)[nH]c2=O)c1C)C1CCOCC1. The van der Waals surface area contributed by atoms with Gasteiger partial charge in [0.25, 0.3) is 11.5 Å². The van der Waals surface area contributed by atoms with Crippen LogP contribution in [0.1, 0.15) is 52.7 Å². The molecule has 1 aliphatic heterocycles. The van der Waals surface area contributed by atoms with Gasteiger partial charge >= 0.3 is 0 Å². The number of methoxy groups -OCH3 is 1. The summed E-state index contributed by atoms with van der Waals surface area (Å²) in [5.41, 5.74) is 3.94. The third kappa shape index (κ3) is 4.55. The minimum atomic E-state index is -0.274. The molecule has 0 spiro atoms. The number of furan rings is 1. The maximum absolute atomic E-state index is 13.5. The number of carbonyl (C=O) groups excluding carboxylic acids is 1. The van der Waals surface area contributed by atoms with E-state index in [1.165, 1.54) is 7.11 Å². The second-order valence-corrected chi connectivity index (χ2v) is 8.81. The van der Waals surface area contributed by atoms with Crippen LogP contribution in [0.2, 0.25) is 0 Å². The van der Waals surface area contributed by atoms with Crippen LogP contribution in [0, 0.1) is 20.8 Å². The summed E-state index contributed by atoms with van der Waals surface area (Å²) in [6.07, 6.45) is 1.89. The van der Waals surface area contributed by atoms with Crippen molar-refractivity contribution in [1.29, 1.82) is 0 Å². The molecular formula is C26H33N3O5. The molecule has 182 valence electrons. The van der Waals surface area contributed by atoms with E-state index >= 15 is 0 Å². The monoisotopic (exact) mass is 467 g/mol. The molecule has 0 aliphatic carbocycles. The van der Waals surface area contributed by atoms with Gasteiger partial charge in [-0.3, -0.25) is 9.59 Å². The average Bonchev–Trinajstić information content (AvgIpc) is 3.18. The first-order valence-electron chi connectivity index (χ1n) is 11.8. The van der Waals surface area contributed by atoms with Gasteiger partial charge in [0.05, 0.1) is 24.8 Å². The molecule has 2 N–H and O–H groups in total. The Morgan fingerprint density at radius 3 is 2.62 bits per heavy atom. The molecule has 1 aliphatic rings. The number of nitrogens with one attached hydrogen (secondary N) is 2. The molecular weight excluding hydrogens is 434 g/mol. The van der Waals surface area contributed by atoms with Crippen molar-refractivity contribution < 1.29 is 18.7 Å². The number of ether oxygens (including phenoxy) is 2. The van der Waals surface area contributed by atoms with Crippen LogP contribution in [0.15, 0.2) is 27.4 Å². The minimum Gasteiger partial charge on any atom is -0.496 e. The summed E-state index contributed by atoms with van der Waals surface area (Å²) in [4.78, 5) is 31.1. The van der Waals surface area contributed by atoms with Gasteiger partial charge in [-0.25, -0.2) is 0 Å². The summed E-state index contributed by atoms with van der Waals surface area (Å²) in [6, 6.07) is 6.03. The Kier molecular flexibility index (Phi) is 6.97. The largest absolute Gasteiger partial charge is 0.496 e. The first kappa shape index (κ1) is 23.9. The molecule has 4 rings (SSSR count). The Morgan fingerprint density at radius 2 is 1.94 bits per heavy atom. The topological polar surface area (TPSA) is 96.8 Å². The van der Waals surface area contributed by atoms with Gasteiger partial charge in [-0.2, -0.15) is 0 Å². The Labute approximate surface area is 199 Å². The number of hydrogen-bond acceptors (Lipinski definition) is 6. The Balaban J connectivity index is 1.72. The molecule has 1 amide bonds. The van der Waals surface area contributed by atoms with Gasteiger partial charge in [-0.15, -0.1) is 0 Å². The summed E-state index contributed by atoms with van der Waals surface area (Å²) in [5.74, 6) is 0.939. The number of benzene rings is 1. The zero-order valence-electron chi connectivity index (χ0n) is 20.5. The van der Waals surface area contributed by atoms with Crippen LogP contribution >= 0.6 is 0 Å². The molecule has 1 fully saturated rings. The van der Waals surface area contributed by atoms with Crippen LogP contribution in [0.4, 0.5) is 5.69 Å². The van der Waals surface area contributed by atoms with Gasteiger partial charge in [-0.1, -0.05) is 0 Å². The first-order chi connectivity index (χ1) is 16.3. The van der Waals surface area contributed by atoms with Crippen LogP contribution in [-0.2, 0) is 11.3 Å². The molecule has 3 aromatic rings. The average molecular weight is 468 g/mol. The molecule has 8 heteroatoms. The van der Waals surface area contributed by atoms with Gasteiger partial charge in [-0.05, 0) is 58.2 Å². The number of carbonyl (C=O) groups is 1. The number of amides is 1. The fourth-order valence-electron chi connectivity index (χ4n) is 4.90. The predicted octanol–water partition coefficient (Wildman–Crippen LogP) is 3.99. The maximum atomic E-state index is 13.5. The molecule has 0 radical (unpaired) electrons. The number of aromatic nitrogens is 1. The lowest BCUT2D eigenvalue weighted by molar-refractivity contribution is 0.0846. The Hall–Kier alpha value is -3.26. The highest BCUT2D eigenvalue weighted by Gasteiger charge is 2.26. The van der Waals surface area contributed by atoms with Crippen LogP contribution in [-0.4, -0.2) is 43.8 Å². The van der Waals surface area contributed by atoms with Crippen molar-refractivity contribution in [2.45, 2.75) is 53.1 Å². The quantitative estimate of drug-likeness (QED) is 0.545. The fraction of sp³-hybridized carbons (Fsp3) is 0.462. The zero-order valence-corrected chi connectivity index (χ0v) is 20.5. The van der Waals surface area contributed by atoms with Gasteiger partial charge in [0, 0.05) is 48.6 Å². The number of fused-ring (bicyclic) bond motifs is 1. The van der Waals surface area contributed by atoms with Crippen molar-refractivity contribution in [1.82, 2.24) is 10.3 Å². The number of hydrogen-bond donors (Lipinski definition) is 2. The van der Waals surface area contributed by atoms with E-state index in [0.717, 1.165) is 55.0 Å². The van der Waals surface area contributed by atoms with Crippen LogP contribution in [0.5, 0.6) is 5.75 Å². The van der Waals surface area contributed by atoms with E-state index in [-0.39, 0.29) is 18.0 Å². The molecule has 0 bridgehead atoms. The number of nitrogens with zero attached hydrogens (tertiary/aromatic N) is 1. The normalized spacial score (nSPS) is 14.4. The second kappa shape index (κ2) is 9.93. The Morgan fingerprint density at radius 1 is 1.21 bits per heavy atom. The van der Waals surface area contributed by atoms with Crippen molar-refractivity contribution in [2.24, 2.45) is 0 Å². The standard InChI is InChI=1S/C26H33N3O5/c1-6-29(18-7-9-33-10-8-18)21-13-23-19(12-16(3)34-23)24(17(21)4)26(31)27-14-20-22(32-5)11-15(2)28-25(20)30/h11-13,18H,6-10,14H2,1-5H3,(H,27,31)(H,28,30). The van der Waals surface area contributed by atoms with Crippen molar-refractivity contribution in [3.05, 3.63) is 56.7 Å². The maximum Gasteiger partial charge on any atom is 0.256 e. The zero-order chi connectivity index (χ0) is 24.4. The van der Waals surface area contributed by atoms with Gasteiger partial charge < -0.3 is 29.1 Å². The van der Waals surface area contributed by atoms with E-state index in [1.807, 2.05) is 26.0 Å². The molecule has 8 nitrogen and oxygen atoms in total. The molecule has 0 atom stereocenters. The van der Waals surface area contributed by atoms with E-state index in [0.29, 0.717) is 34.2 Å². The van der Waals surface area contributed by atoms with Crippen molar-refractivity contribution in [3.63, 3.8) is 0 Å². The van der Waals surface area contributed by atoms with E-state index < -0.39 is 0 Å². The summed E-state index contributed by atoms with van der Waals surface area (Å²) < 4.78 is 16.9. The van der Waals surface area contributed by atoms with E-state index in [2.05, 4.69) is 22.1 Å². The number of aromatic amines is 1. The van der Waals surface area contributed by atoms with Crippen LogP contribution < -0.4 is 20.5 Å². The lowest BCUT2D eigenvalue weighted by Gasteiger charge is -2.36. The molecule has 0 saturated carbocycles. The number of H-pyrrole nitrogens is 1. The second-order valence-electron chi connectivity index (χ2n) is 8.81. The van der Waals surface area contributed by atoms with Crippen molar-refractivity contribution in [3.8, 4) is 5.75 Å². The molecule has 1 aromatic carbocycles. The third-order valence-electron chi connectivity index (χ3n) is 6.56. The first-order valence-corrected chi connectivity index (χ1v) is 11.8. The van der Waals surface area contributed by atoms with Gasteiger partial charge in [0.15, 0.2) is 0 Å². The predicted molar refractivity (Wildman–Crippen MR) is 132 cm³/mol. The molecule has 3 heterocycles. The van der Waals surface area contributed by atoms with Gasteiger partial charge in [0.2, 0.25) is 0 Å². The highest BCUT2D eigenvalue weighted by molar-refractivity contribution is 6.09. The highest BCUT2D eigenvalue weighted by atomic mass is 16.5. The van der Waals surface area contributed by atoms with E-state index in [4.69, 9.17) is 13.9 Å². The third-order valence-corrected chi connectivity index (χ3v) is 6.56. The van der Waals surface area contributed by atoms with E-state index in [1.54, 1.807) is 13.0 Å². The van der Waals surface area contributed by atoms with Crippen LogP contribution in [0.3, 0.4) is 0 Å². The lowest BCUT2D eigenvalue weighted by Crippen LogP contribution is -2.40. The smallest absolute Gasteiger partial charge is 0.256 e. The number of aryl methyl sites for hydroxylation is 2. The Bertz CT molecular complexity index is 1250. The van der Waals surface area contributed by atoms with Crippen molar-refractivity contribution >= 4 is 22.6 Å². The van der Waals surface area contributed by atoms with E-state index in [9.17, 15) is 9.59 Å². The molecule has 34 heavy (non-hydrogen) atoms. The van der Waals surface area contributed by atoms with Crippen molar-refractivity contribution in [2.75, 3.05) is 31.8 Å². The molecule has 1 saturated heterocycles. The summed E-state index contributed by atoms with van der Waals surface area (Å²) >= 11 is 0. The number of rotatable bonds is 7. The summed E-state index contributed by atoms with van der Waals surface area (Å²) in [6.45, 7) is 10.1. The molecule has 2 aromatic heterocycles. The lowest BCUT2D eigenvalue weighted by atomic mass is 9.98. The van der Waals surface area contributed by atoms with Gasteiger partial charge in [0.1, 0.15) is 17.1 Å². The highest BCUT2D eigenvalue weighted by Crippen LogP contribution is 2.35. The summed E-state index contributed by atoms with van der Waals surface area (Å²) in [5, 5.41) is 3.70. The summed E-state index contributed by atoms with van der Waals surface area (Å²) in [7, 11) is 1.51. The number of pyridine rings is 1. The molecule has 0 unspecified atom stereocenters. The minimum absolute atomic E-state index is 0.0526. The van der Waals surface area contributed by atoms with Crippen LogP contribution in [0.25, 0.3) is 11.0 Å².